The summed E-state index contributed by atoms with van der Waals surface area (Å²) in [6.45, 7) is 1.66. The maximum Gasteiger partial charge on any atom is 0.132 e. The van der Waals surface area contributed by atoms with Gasteiger partial charge in [0, 0.05) is 10.6 Å². The first-order valence-corrected chi connectivity index (χ1v) is 6.28. The van der Waals surface area contributed by atoms with Gasteiger partial charge in [0.05, 0.1) is 12.1 Å². The van der Waals surface area contributed by atoms with Crippen LogP contribution in [0.4, 0.5) is 4.39 Å². The first-order valence-electron chi connectivity index (χ1n) is 5.90. The number of halogens is 3. The lowest BCUT2D eigenvalue weighted by molar-refractivity contribution is 0.0405. The highest BCUT2D eigenvalue weighted by atomic mass is 35.5. The third kappa shape index (κ3) is 2.80. The predicted molar refractivity (Wildman–Crippen MR) is 73.7 cm³/mol. The molecule has 2 rings (SSSR count). The van der Waals surface area contributed by atoms with Crippen LogP contribution in [0.2, 0.25) is 5.02 Å². The minimum Gasteiger partial charge on any atom is -0.391 e. The van der Waals surface area contributed by atoms with Crippen LogP contribution in [0.5, 0.6) is 0 Å². The van der Waals surface area contributed by atoms with Gasteiger partial charge in [-0.05, 0) is 37.3 Å². The summed E-state index contributed by atoms with van der Waals surface area (Å²) in [5.74, 6) is -0.218. The number of aryl methyl sites for hydroxylation is 1. The van der Waals surface area contributed by atoms with Crippen molar-refractivity contribution in [2.75, 3.05) is 0 Å². The quantitative estimate of drug-likeness (QED) is 0.898. The Bertz CT molecular complexity index is 424. The van der Waals surface area contributed by atoms with Gasteiger partial charge < -0.3 is 10.8 Å². The molecule has 0 unspecified atom stereocenters. The molecule has 0 amide bonds. The lowest BCUT2D eigenvalue weighted by atomic mass is 9.77. The molecule has 0 spiro atoms. The number of aliphatic hydroxyl groups excluding tert-OH is 1. The molecule has 1 aliphatic rings. The maximum atomic E-state index is 14.0. The third-order valence-electron chi connectivity index (χ3n) is 3.65. The molecule has 1 aromatic rings. The Hall–Kier alpha value is -0.350. The molecule has 5 heteroatoms. The molecule has 2 atom stereocenters. The molecule has 0 aromatic heterocycles. The van der Waals surface area contributed by atoms with E-state index >= 15 is 0 Å². The lowest BCUT2D eigenvalue weighted by Gasteiger charge is -2.34. The molecule has 0 heterocycles. The van der Waals surface area contributed by atoms with Gasteiger partial charge in [-0.25, -0.2) is 4.39 Å². The Balaban J connectivity index is 0.00000162. The van der Waals surface area contributed by atoms with Crippen LogP contribution in [-0.4, -0.2) is 11.2 Å². The molecule has 1 saturated carbocycles. The molecule has 0 aliphatic heterocycles. The fraction of sp³-hybridized carbons (Fsp3) is 0.538. The van der Waals surface area contributed by atoms with Crippen LogP contribution < -0.4 is 5.73 Å². The van der Waals surface area contributed by atoms with Crippen molar-refractivity contribution in [3.05, 3.63) is 34.1 Å². The third-order valence-corrected chi connectivity index (χ3v) is 3.98. The number of benzene rings is 1. The summed E-state index contributed by atoms with van der Waals surface area (Å²) in [6.07, 6.45) is 2.32. The summed E-state index contributed by atoms with van der Waals surface area (Å²) in [7, 11) is 0. The summed E-state index contributed by atoms with van der Waals surface area (Å²) in [4.78, 5) is 0. The van der Waals surface area contributed by atoms with E-state index in [1.54, 1.807) is 19.1 Å². The molecule has 1 fully saturated rings. The molecule has 102 valence electrons. The van der Waals surface area contributed by atoms with E-state index in [9.17, 15) is 9.50 Å². The zero-order valence-electron chi connectivity index (χ0n) is 10.2. The van der Waals surface area contributed by atoms with Crippen LogP contribution in [0.15, 0.2) is 12.1 Å². The van der Waals surface area contributed by atoms with Crippen LogP contribution in [0.25, 0.3) is 0 Å². The van der Waals surface area contributed by atoms with Crippen LogP contribution in [-0.2, 0) is 0 Å². The van der Waals surface area contributed by atoms with Crippen molar-refractivity contribution in [2.24, 2.45) is 11.7 Å². The summed E-state index contributed by atoms with van der Waals surface area (Å²) in [5.41, 5.74) is 6.69. The van der Waals surface area contributed by atoms with Crippen molar-refractivity contribution in [1.82, 2.24) is 0 Å². The van der Waals surface area contributed by atoms with E-state index in [4.69, 9.17) is 17.3 Å². The Morgan fingerprint density at radius 2 is 2.06 bits per heavy atom. The minimum atomic E-state index is -0.743. The molecule has 0 radical (unpaired) electrons. The van der Waals surface area contributed by atoms with Gasteiger partial charge in [-0.3, -0.25) is 0 Å². The van der Waals surface area contributed by atoms with E-state index in [-0.39, 0.29) is 23.9 Å². The molecular weight excluding hydrogens is 276 g/mol. The average molecular weight is 294 g/mol. The van der Waals surface area contributed by atoms with Crippen molar-refractivity contribution < 1.29 is 9.50 Å². The van der Waals surface area contributed by atoms with Crippen molar-refractivity contribution in [2.45, 2.75) is 38.3 Å². The van der Waals surface area contributed by atoms with E-state index in [2.05, 4.69) is 0 Å². The second-order valence-electron chi connectivity index (χ2n) is 4.80. The Kier molecular flexibility index (Phi) is 5.41. The van der Waals surface area contributed by atoms with E-state index < -0.39 is 18.0 Å². The van der Waals surface area contributed by atoms with Crippen molar-refractivity contribution in [1.29, 1.82) is 0 Å². The molecular formula is C13H18Cl2FNO. The largest absolute Gasteiger partial charge is 0.391 e. The molecule has 2 nitrogen and oxygen atoms in total. The monoisotopic (exact) mass is 293 g/mol. The minimum absolute atomic E-state index is 0. The Morgan fingerprint density at radius 1 is 1.44 bits per heavy atom. The smallest absolute Gasteiger partial charge is 0.132 e. The highest BCUT2D eigenvalue weighted by Crippen LogP contribution is 2.37. The van der Waals surface area contributed by atoms with Crippen LogP contribution >= 0.6 is 24.0 Å². The van der Waals surface area contributed by atoms with Crippen molar-refractivity contribution in [3.63, 3.8) is 0 Å². The van der Waals surface area contributed by atoms with Gasteiger partial charge in [0.15, 0.2) is 0 Å². The number of aliphatic hydroxyl groups is 1. The molecule has 1 aromatic carbocycles. The topological polar surface area (TPSA) is 46.2 Å². The molecule has 0 bridgehead atoms. The Morgan fingerprint density at radius 3 is 2.56 bits per heavy atom. The summed E-state index contributed by atoms with van der Waals surface area (Å²) < 4.78 is 14.0. The molecule has 3 N–H and O–H groups in total. The van der Waals surface area contributed by atoms with Crippen LogP contribution in [0.3, 0.4) is 0 Å². The van der Waals surface area contributed by atoms with Crippen molar-refractivity contribution >= 4 is 24.0 Å². The standard InChI is InChI=1S/C13H17ClFNO.ClH/c1-7-5-6-9(14)10(11(7)15)12(16)13(17)8-3-2-4-8;/h5-6,8,12-13,17H,2-4,16H2,1H3;1H/t12-,13+;/m0./s1. The highest BCUT2D eigenvalue weighted by molar-refractivity contribution is 6.31. The fourth-order valence-corrected chi connectivity index (χ4v) is 2.50. The van der Waals surface area contributed by atoms with Gasteiger partial charge >= 0.3 is 0 Å². The first-order chi connectivity index (χ1) is 8.02. The molecule has 0 saturated heterocycles. The SMILES string of the molecule is Cc1ccc(Cl)c([C@H](N)[C@H](O)C2CCC2)c1F.Cl. The first kappa shape index (κ1) is 15.7. The lowest BCUT2D eigenvalue weighted by Crippen LogP contribution is -2.37. The van der Waals surface area contributed by atoms with Gasteiger partial charge in [-0.1, -0.05) is 24.1 Å². The molecule has 1 aliphatic carbocycles. The van der Waals surface area contributed by atoms with Crippen LogP contribution in [0, 0.1) is 18.7 Å². The van der Waals surface area contributed by atoms with Gasteiger partial charge in [-0.2, -0.15) is 0 Å². The number of hydrogen-bond acceptors (Lipinski definition) is 2. The number of hydrogen-bond donors (Lipinski definition) is 2. The number of rotatable bonds is 3. The normalized spacial score (nSPS) is 18.7. The number of nitrogens with two attached hydrogens (primary N) is 1. The van der Waals surface area contributed by atoms with E-state index in [1.165, 1.54) is 0 Å². The average Bonchev–Trinajstić information content (AvgIpc) is 2.21. The second-order valence-corrected chi connectivity index (χ2v) is 5.21. The molecule has 18 heavy (non-hydrogen) atoms. The summed E-state index contributed by atoms with van der Waals surface area (Å²) in [6, 6.07) is 2.50. The van der Waals surface area contributed by atoms with E-state index in [0.717, 1.165) is 19.3 Å². The zero-order valence-corrected chi connectivity index (χ0v) is 11.8. The Labute approximate surface area is 118 Å². The van der Waals surface area contributed by atoms with Crippen molar-refractivity contribution in [3.8, 4) is 0 Å². The van der Waals surface area contributed by atoms with Crippen LogP contribution in [0.1, 0.15) is 36.4 Å². The van der Waals surface area contributed by atoms with Gasteiger partial charge in [0.2, 0.25) is 0 Å². The summed E-state index contributed by atoms with van der Waals surface area (Å²) >= 11 is 5.98. The predicted octanol–water partition coefficient (Wildman–Crippen LogP) is 3.37. The summed E-state index contributed by atoms with van der Waals surface area (Å²) in [5, 5.41) is 10.4. The fourth-order valence-electron chi connectivity index (χ4n) is 2.23. The van der Waals surface area contributed by atoms with E-state index in [1.807, 2.05) is 0 Å². The maximum absolute atomic E-state index is 14.0. The second kappa shape index (κ2) is 6.20. The van der Waals surface area contributed by atoms with E-state index in [0.29, 0.717) is 10.6 Å². The van der Waals surface area contributed by atoms with Gasteiger partial charge in [0.25, 0.3) is 0 Å². The zero-order chi connectivity index (χ0) is 12.6. The van der Waals surface area contributed by atoms with Gasteiger partial charge in [0.1, 0.15) is 5.82 Å². The highest BCUT2D eigenvalue weighted by Gasteiger charge is 2.33. The van der Waals surface area contributed by atoms with Gasteiger partial charge in [-0.15, -0.1) is 12.4 Å².